The summed E-state index contributed by atoms with van der Waals surface area (Å²) in [5, 5.41) is 10.2. The SMILES string of the molecule is c1ccc(-n2c3ccccc3c3c(N(c4ccc5cc6sc7ccccc7c6cc5c4)c4cccc5sc6ccccc6c45)cccc32)cc1. The van der Waals surface area contributed by atoms with E-state index in [9.17, 15) is 0 Å². The lowest BCUT2D eigenvalue weighted by atomic mass is 10.0. The number of rotatable bonds is 4. The standard InChI is InChI=1S/C46H28N2S2/c1-2-12-31(13-3-1)47-37-17-7-4-15-34(37)45-38(47)18-10-19-39(45)48(40-20-11-23-43-46(40)35-16-6-9-22-42(35)49-43)32-25-24-29-28-44-36(27-30(29)26-32)33-14-5-8-21-41(33)50-44/h1-28H. The van der Waals surface area contributed by atoms with Crippen molar-refractivity contribution in [2.24, 2.45) is 0 Å². The van der Waals surface area contributed by atoms with E-state index in [1.807, 2.05) is 22.7 Å². The Hall–Kier alpha value is -5.94. The molecule has 0 aliphatic rings. The highest BCUT2D eigenvalue weighted by Crippen LogP contribution is 2.49. The zero-order valence-electron chi connectivity index (χ0n) is 26.9. The summed E-state index contributed by atoms with van der Waals surface area (Å²) in [4.78, 5) is 2.51. The molecule has 0 saturated carbocycles. The lowest BCUT2D eigenvalue weighted by molar-refractivity contribution is 1.18. The van der Waals surface area contributed by atoms with Crippen LogP contribution in [-0.2, 0) is 0 Å². The van der Waals surface area contributed by atoms with Gasteiger partial charge in [-0.05, 0) is 89.6 Å². The van der Waals surface area contributed by atoms with Crippen LogP contribution < -0.4 is 4.90 Å². The van der Waals surface area contributed by atoms with Gasteiger partial charge in [0.15, 0.2) is 0 Å². The van der Waals surface area contributed by atoms with E-state index in [1.165, 1.54) is 78.6 Å². The molecule has 0 radical (unpaired) electrons. The third-order valence-electron chi connectivity index (χ3n) is 10.1. The van der Waals surface area contributed by atoms with Gasteiger partial charge in [-0.3, -0.25) is 0 Å². The first-order valence-corrected chi connectivity index (χ1v) is 18.6. The van der Waals surface area contributed by atoms with Crippen LogP contribution in [0.2, 0.25) is 0 Å². The lowest BCUT2D eigenvalue weighted by Gasteiger charge is -2.28. The predicted octanol–water partition coefficient (Wildman–Crippen LogP) is 14.1. The molecule has 0 amide bonds. The van der Waals surface area contributed by atoms with E-state index in [1.54, 1.807) is 0 Å². The summed E-state index contributed by atoms with van der Waals surface area (Å²) in [5.41, 5.74) is 7.04. The van der Waals surface area contributed by atoms with E-state index in [4.69, 9.17) is 0 Å². The van der Waals surface area contributed by atoms with Gasteiger partial charge >= 0.3 is 0 Å². The van der Waals surface area contributed by atoms with Crippen LogP contribution in [0.4, 0.5) is 17.1 Å². The second-order valence-electron chi connectivity index (χ2n) is 12.9. The van der Waals surface area contributed by atoms with Gasteiger partial charge in [0.2, 0.25) is 0 Å². The molecule has 0 spiro atoms. The van der Waals surface area contributed by atoms with Crippen LogP contribution in [0.15, 0.2) is 170 Å². The largest absolute Gasteiger partial charge is 0.309 e. The number of nitrogens with zero attached hydrogens (tertiary/aromatic N) is 2. The van der Waals surface area contributed by atoms with Gasteiger partial charge in [-0.15, -0.1) is 22.7 Å². The van der Waals surface area contributed by atoms with Crippen LogP contribution in [0.1, 0.15) is 0 Å². The quantitative estimate of drug-likeness (QED) is 0.181. The fourth-order valence-electron chi connectivity index (χ4n) is 7.99. The number of hydrogen-bond acceptors (Lipinski definition) is 3. The maximum atomic E-state index is 2.51. The number of thiophene rings is 2. The average Bonchev–Trinajstić information content (AvgIpc) is 3.84. The van der Waals surface area contributed by atoms with Crippen molar-refractivity contribution < 1.29 is 0 Å². The van der Waals surface area contributed by atoms with Crippen molar-refractivity contribution >= 4 is 113 Å². The van der Waals surface area contributed by atoms with Crippen molar-refractivity contribution in [2.45, 2.75) is 0 Å². The molecule has 0 aliphatic carbocycles. The topological polar surface area (TPSA) is 8.17 Å². The minimum atomic E-state index is 1.14. The fraction of sp³-hybridized carbons (Fsp3) is 0. The summed E-state index contributed by atoms with van der Waals surface area (Å²) in [5.74, 6) is 0. The van der Waals surface area contributed by atoms with Crippen molar-refractivity contribution in [3.05, 3.63) is 170 Å². The predicted molar refractivity (Wildman–Crippen MR) is 219 cm³/mol. The Morgan fingerprint density at radius 2 is 1.02 bits per heavy atom. The average molecular weight is 673 g/mol. The summed E-state index contributed by atoms with van der Waals surface area (Å²) >= 11 is 3.74. The highest BCUT2D eigenvalue weighted by atomic mass is 32.1. The van der Waals surface area contributed by atoms with Crippen molar-refractivity contribution in [2.75, 3.05) is 4.90 Å². The lowest BCUT2D eigenvalue weighted by Crippen LogP contribution is -2.11. The van der Waals surface area contributed by atoms with E-state index < -0.39 is 0 Å². The van der Waals surface area contributed by atoms with Gasteiger partial charge < -0.3 is 9.47 Å². The molecule has 0 N–H and O–H groups in total. The Morgan fingerprint density at radius 1 is 0.380 bits per heavy atom. The minimum Gasteiger partial charge on any atom is -0.309 e. The summed E-state index contributed by atoms with van der Waals surface area (Å²) in [6, 6.07) is 62.5. The maximum Gasteiger partial charge on any atom is 0.0562 e. The summed E-state index contributed by atoms with van der Waals surface area (Å²) < 4.78 is 7.67. The number of fused-ring (bicyclic) bond motifs is 10. The van der Waals surface area contributed by atoms with Gasteiger partial charge in [-0.1, -0.05) is 91.0 Å². The van der Waals surface area contributed by atoms with Crippen LogP contribution >= 0.6 is 22.7 Å². The third-order valence-corrected chi connectivity index (χ3v) is 12.4. The Morgan fingerprint density at radius 3 is 1.88 bits per heavy atom. The van der Waals surface area contributed by atoms with Gasteiger partial charge in [0.25, 0.3) is 0 Å². The van der Waals surface area contributed by atoms with E-state index in [2.05, 4.69) is 179 Å². The summed E-state index contributed by atoms with van der Waals surface area (Å²) in [7, 11) is 0. The molecule has 3 heterocycles. The molecule has 2 nitrogen and oxygen atoms in total. The molecule has 8 aromatic carbocycles. The first-order chi connectivity index (χ1) is 24.8. The molecule has 0 fully saturated rings. The van der Waals surface area contributed by atoms with Crippen LogP contribution in [0, 0.1) is 0 Å². The molecule has 234 valence electrons. The summed E-state index contributed by atoms with van der Waals surface area (Å²) in [6.45, 7) is 0. The molecule has 0 aliphatic heterocycles. The molecule has 11 rings (SSSR count). The number of hydrogen-bond donors (Lipinski definition) is 0. The van der Waals surface area contributed by atoms with Gasteiger partial charge in [0.1, 0.15) is 0 Å². The van der Waals surface area contributed by atoms with Crippen LogP contribution in [-0.4, -0.2) is 4.57 Å². The molecule has 0 atom stereocenters. The van der Waals surface area contributed by atoms with Crippen LogP contribution in [0.25, 0.3) is 78.6 Å². The van der Waals surface area contributed by atoms with Gasteiger partial charge in [-0.25, -0.2) is 0 Å². The number of anilines is 3. The first kappa shape index (κ1) is 28.0. The Kier molecular flexibility index (Phi) is 6.03. The molecule has 0 unspecified atom stereocenters. The smallest absolute Gasteiger partial charge is 0.0562 e. The zero-order chi connectivity index (χ0) is 32.8. The van der Waals surface area contributed by atoms with Gasteiger partial charge in [-0.2, -0.15) is 0 Å². The molecule has 0 bridgehead atoms. The molecule has 11 aromatic rings. The first-order valence-electron chi connectivity index (χ1n) is 16.9. The molecular formula is C46H28N2S2. The van der Waals surface area contributed by atoms with E-state index >= 15 is 0 Å². The minimum absolute atomic E-state index is 1.14. The van der Waals surface area contributed by atoms with Crippen LogP contribution in [0.5, 0.6) is 0 Å². The van der Waals surface area contributed by atoms with E-state index in [0.717, 1.165) is 17.1 Å². The normalized spacial score (nSPS) is 12.0. The van der Waals surface area contributed by atoms with Crippen molar-refractivity contribution in [1.82, 2.24) is 4.57 Å². The second-order valence-corrected chi connectivity index (χ2v) is 15.1. The third kappa shape index (κ3) is 4.07. The van der Waals surface area contributed by atoms with Gasteiger partial charge in [0, 0.05) is 62.5 Å². The molecular weight excluding hydrogens is 645 g/mol. The fourth-order valence-corrected chi connectivity index (χ4v) is 10.3. The highest BCUT2D eigenvalue weighted by Gasteiger charge is 2.23. The van der Waals surface area contributed by atoms with Crippen molar-refractivity contribution in [3.8, 4) is 5.69 Å². The number of aromatic nitrogens is 1. The Labute approximate surface area is 296 Å². The zero-order valence-corrected chi connectivity index (χ0v) is 28.5. The second kappa shape index (κ2) is 10.8. The Balaban J connectivity index is 1.25. The molecule has 0 saturated heterocycles. The number of para-hydroxylation sites is 2. The number of benzene rings is 8. The highest BCUT2D eigenvalue weighted by molar-refractivity contribution is 7.26. The van der Waals surface area contributed by atoms with Crippen molar-refractivity contribution in [1.29, 1.82) is 0 Å². The van der Waals surface area contributed by atoms with E-state index in [0.29, 0.717) is 0 Å². The van der Waals surface area contributed by atoms with E-state index in [-0.39, 0.29) is 0 Å². The summed E-state index contributed by atoms with van der Waals surface area (Å²) in [6.07, 6.45) is 0. The van der Waals surface area contributed by atoms with Crippen molar-refractivity contribution in [3.63, 3.8) is 0 Å². The Bertz CT molecular complexity index is 3110. The monoisotopic (exact) mass is 672 g/mol. The van der Waals surface area contributed by atoms with Gasteiger partial charge in [0.05, 0.1) is 22.4 Å². The van der Waals surface area contributed by atoms with Crippen LogP contribution in [0.3, 0.4) is 0 Å². The molecule has 4 heteroatoms. The molecule has 50 heavy (non-hydrogen) atoms. The molecule has 3 aromatic heterocycles. The maximum absolute atomic E-state index is 2.51.